The molecule has 10 heavy (non-hydrogen) atoms. The third-order valence-corrected chi connectivity index (χ3v) is 2.15. The summed E-state index contributed by atoms with van der Waals surface area (Å²) in [6.45, 7) is 6.25. The van der Waals surface area contributed by atoms with Gasteiger partial charge in [0.2, 0.25) is 0 Å². The zero-order chi connectivity index (χ0) is 7.78. The molecule has 0 bridgehead atoms. The van der Waals surface area contributed by atoms with Crippen molar-refractivity contribution < 1.29 is 5.11 Å². The molecule has 0 amide bonds. The first kappa shape index (κ1) is 8.02. The van der Waals surface area contributed by atoms with Crippen molar-refractivity contribution in [1.82, 2.24) is 5.32 Å². The summed E-state index contributed by atoms with van der Waals surface area (Å²) in [6, 6.07) is 0.729. The number of nitrogens with one attached hydrogen (secondary N) is 1. The van der Waals surface area contributed by atoms with Crippen molar-refractivity contribution in [2.24, 2.45) is 0 Å². The highest BCUT2D eigenvalue weighted by Crippen LogP contribution is 2.38. The Labute approximate surface area is 62.6 Å². The van der Waals surface area contributed by atoms with Crippen LogP contribution in [0, 0.1) is 0 Å². The second-order valence-electron chi connectivity index (χ2n) is 3.65. The maximum atomic E-state index is 9.58. The third-order valence-electron chi connectivity index (χ3n) is 2.15. The predicted molar refractivity (Wildman–Crippen MR) is 41.9 cm³/mol. The van der Waals surface area contributed by atoms with Gasteiger partial charge in [-0.05, 0) is 19.8 Å². The van der Waals surface area contributed by atoms with Crippen LogP contribution >= 0.6 is 0 Å². The van der Waals surface area contributed by atoms with Gasteiger partial charge in [0.25, 0.3) is 0 Å². The number of hydrogen-bond acceptors (Lipinski definition) is 2. The molecule has 0 aromatic carbocycles. The first-order valence-electron chi connectivity index (χ1n) is 4.03. The summed E-state index contributed by atoms with van der Waals surface area (Å²) in [5.74, 6) is 0. The van der Waals surface area contributed by atoms with Gasteiger partial charge >= 0.3 is 0 Å². The van der Waals surface area contributed by atoms with Gasteiger partial charge in [0, 0.05) is 12.1 Å². The molecule has 60 valence electrons. The van der Waals surface area contributed by atoms with E-state index in [-0.39, 0.29) is 11.6 Å². The molecule has 2 nitrogen and oxygen atoms in total. The molecule has 0 aromatic heterocycles. The molecule has 0 radical (unpaired) electrons. The molecule has 1 aliphatic carbocycles. The van der Waals surface area contributed by atoms with Crippen molar-refractivity contribution in [3.05, 3.63) is 0 Å². The van der Waals surface area contributed by atoms with Crippen LogP contribution in [-0.2, 0) is 0 Å². The van der Waals surface area contributed by atoms with Crippen LogP contribution in [0.15, 0.2) is 0 Å². The normalized spacial score (nSPS) is 24.9. The second-order valence-corrected chi connectivity index (χ2v) is 3.65. The minimum atomic E-state index is -0.371. The molecule has 1 unspecified atom stereocenters. The van der Waals surface area contributed by atoms with Crippen molar-refractivity contribution >= 4 is 0 Å². The monoisotopic (exact) mass is 143 g/mol. The Morgan fingerprint density at radius 3 is 2.10 bits per heavy atom. The Bertz CT molecular complexity index is 118. The van der Waals surface area contributed by atoms with Gasteiger partial charge in [0.05, 0.1) is 5.60 Å². The van der Waals surface area contributed by atoms with Gasteiger partial charge in [-0.3, -0.25) is 0 Å². The lowest BCUT2D eigenvalue weighted by atomic mass is 10.1. The van der Waals surface area contributed by atoms with E-state index in [1.165, 1.54) is 0 Å². The van der Waals surface area contributed by atoms with Crippen molar-refractivity contribution in [2.45, 2.75) is 51.3 Å². The number of hydrogen-bond donors (Lipinski definition) is 2. The van der Waals surface area contributed by atoms with Gasteiger partial charge in [-0.25, -0.2) is 0 Å². The molecular weight excluding hydrogens is 126 g/mol. The zero-order valence-corrected chi connectivity index (χ0v) is 7.02. The molecule has 0 heterocycles. The van der Waals surface area contributed by atoms with E-state index in [1.807, 2.05) is 6.92 Å². The topological polar surface area (TPSA) is 32.3 Å². The Balaban J connectivity index is 2.28. The fraction of sp³-hybridized carbons (Fsp3) is 1.00. The number of rotatable bonds is 3. The van der Waals surface area contributed by atoms with Crippen LogP contribution in [0.25, 0.3) is 0 Å². The number of aliphatic hydroxyl groups is 1. The van der Waals surface area contributed by atoms with E-state index in [4.69, 9.17) is 0 Å². The quantitative estimate of drug-likeness (QED) is 0.615. The molecule has 0 saturated heterocycles. The molecule has 0 spiro atoms. The summed E-state index contributed by atoms with van der Waals surface area (Å²) in [7, 11) is 0. The Morgan fingerprint density at radius 1 is 1.30 bits per heavy atom. The van der Waals surface area contributed by atoms with Gasteiger partial charge in [-0.15, -0.1) is 0 Å². The SMILES string of the molecule is CC(C)NC(C)C1(O)CC1. The molecule has 2 N–H and O–H groups in total. The van der Waals surface area contributed by atoms with E-state index in [9.17, 15) is 5.11 Å². The van der Waals surface area contributed by atoms with Crippen molar-refractivity contribution in [2.75, 3.05) is 0 Å². The summed E-state index contributed by atoms with van der Waals surface area (Å²) < 4.78 is 0. The third kappa shape index (κ3) is 1.70. The maximum Gasteiger partial charge on any atom is 0.0799 e. The van der Waals surface area contributed by atoms with Crippen LogP contribution in [0.3, 0.4) is 0 Å². The highest BCUT2D eigenvalue weighted by atomic mass is 16.3. The average Bonchev–Trinajstić information content (AvgIpc) is 2.47. The van der Waals surface area contributed by atoms with Crippen molar-refractivity contribution in [1.29, 1.82) is 0 Å². The Kier molecular flexibility index (Phi) is 2.02. The van der Waals surface area contributed by atoms with E-state index in [0.717, 1.165) is 12.8 Å². The van der Waals surface area contributed by atoms with Crippen LogP contribution in [0.5, 0.6) is 0 Å². The molecular formula is C8H17NO. The summed E-state index contributed by atoms with van der Waals surface area (Å²) in [4.78, 5) is 0. The minimum absolute atomic E-state index is 0.257. The fourth-order valence-electron chi connectivity index (χ4n) is 1.22. The van der Waals surface area contributed by atoms with E-state index in [1.54, 1.807) is 0 Å². The summed E-state index contributed by atoms with van der Waals surface area (Å²) in [5.41, 5.74) is -0.371. The molecule has 0 aromatic rings. The van der Waals surface area contributed by atoms with E-state index < -0.39 is 0 Å². The van der Waals surface area contributed by atoms with Gasteiger partial charge in [-0.2, -0.15) is 0 Å². The van der Waals surface area contributed by atoms with Gasteiger partial charge in [-0.1, -0.05) is 13.8 Å². The first-order valence-corrected chi connectivity index (χ1v) is 4.03. The van der Waals surface area contributed by atoms with Crippen LogP contribution in [0.4, 0.5) is 0 Å². The van der Waals surface area contributed by atoms with E-state index in [0.29, 0.717) is 6.04 Å². The maximum absolute atomic E-state index is 9.58. The largest absolute Gasteiger partial charge is 0.388 e. The highest BCUT2D eigenvalue weighted by Gasteiger charge is 2.45. The Morgan fingerprint density at radius 2 is 1.80 bits per heavy atom. The first-order chi connectivity index (χ1) is 4.54. The van der Waals surface area contributed by atoms with Crippen LogP contribution < -0.4 is 5.32 Å². The van der Waals surface area contributed by atoms with Crippen LogP contribution in [0.2, 0.25) is 0 Å². The van der Waals surface area contributed by atoms with Crippen molar-refractivity contribution in [3.63, 3.8) is 0 Å². The molecule has 0 aliphatic heterocycles. The molecule has 2 heteroatoms. The lowest BCUT2D eigenvalue weighted by Crippen LogP contribution is -2.42. The molecule has 1 aliphatic rings. The fourth-order valence-corrected chi connectivity index (χ4v) is 1.22. The average molecular weight is 143 g/mol. The lowest BCUT2D eigenvalue weighted by molar-refractivity contribution is 0.106. The van der Waals surface area contributed by atoms with Crippen LogP contribution in [-0.4, -0.2) is 22.8 Å². The summed E-state index contributed by atoms with van der Waals surface area (Å²) in [6.07, 6.45) is 1.93. The van der Waals surface area contributed by atoms with Gasteiger partial charge in [0.1, 0.15) is 0 Å². The smallest absolute Gasteiger partial charge is 0.0799 e. The van der Waals surface area contributed by atoms with E-state index >= 15 is 0 Å². The standard InChI is InChI=1S/C8H17NO/c1-6(2)9-7(3)8(10)4-5-8/h6-7,9-10H,4-5H2,1-3H3. The molecule has 1 rings (SSSR count). The van der Waals surface area contributed by atoms with Crippen LogP contribution in [0.1, 0.15) is 33.6 Å². The molecule has 1 fully saturated rings. The minimum Gasteiger partial charge on any atom is -0.388 e. The van der Waals surface area contributed by atoms with Crippen molar-refractivity contribution in [3.8, 4) is 0 Å². The predicted octanol–water partition coefficient (Wildman–Crippen LogP) is 0.898. The van der Waals surface area contributed by atoms with E-state index in [2.05, 4.69) is 19.2 Å². The van der Waals surface area contributed by atoms with Gasteiger partial charge in [0.15, 0.2) is 0 Å². The highest BCUT2D eigenvalue weighted by molar-refractivity contribution is 5.01. The molecule has 1 atom stereocenters. The second kappa shape index (κ2) is 2.51. The van der Waals surface area contributed by atoms with Gasteiger partial charge < -0.3 is 10.4 Å². The zero-order valence-electron chi connectivity index (χ0n) is 7.02. The lowest BCUT2D eigenvalue weighted by Gasteiger charge is -2.21. The Hall–Kier alpha value is -0.0800. The summed E-state index contributed by atoms with van der Waals surface area (Å²) in [5, 5.41) is 12.9. The summed E-state index contributed by atoms with van der Waals surface area (Å²) >= 11 is 0. The molecule has 1 saturated carbocycles.